The molecule has 162 valence electrons. The monoisotopic (exact) mass is 422 g/mol. The number of benzene rings is 1. The number of para-hydroxylation sites is 1. The molecular formula is C23H29FN7+. The highest BCUT2D eigenvalue weighted by atomic mass is 19.1. The molecule has 3 aromatic rings. The van der Waals surface area contributed by atoms with Crippen molar-refractivity contribution in [3.8, 4) is 0 Å². The number of tetrazole rings is 1. The Balaban J connectivity index is 1.41. The summed E-state index contributed by atoms with van der Waals surface area (Å²) < 4.78 is 16.4. The summed E-state index contributed by atoms with van der Waals surface area (Å²) >= 11 is 0. The third-order valence-electron chi connectivity index (χ3n) is 6.69. The summed E-state index contributed by atoms with van der Waals surface area (Å²) in [5, 5.41) is 13.0. The Labute approximate surface area is 181 Å². The Kier molecular flexibility index (Phi) is 5.88. The number of quaternary nitrogens is 1. The highest BCUT2D eigenvalue weighted by Gasteiger charge is 2.37. The van der Waals surface area contributed by atoms with E-state index in [1.165, 1.54) is 30.2 Å². The van der Waals surface area contributed by atoms with Gasteiger partial charge in [-0.3, -0.25) is 4.98 Å². The van der Waals surface area contributed by atoms with Gasteiger partial charge in [-0.15, -0.1) is 5.10 Å². The molecule has 1 atom stereocenters. The van der Waals surface area contributed by atoms with Crippen LogP contribution >= 0.6 is 0 Å². The van der Waals surface area contributed by atoms with E-state index in [0.717, 1.165) is 50.5 Å². The molecule has 7 nitrogen and oxygen atoms in total. The fourth-order valence-electron chi connectivity index (χ4n) is 5.08. The van der Waals surface area contributed by atoms with Gasteiger partial charge in [-0.25, -0.2) is 9.07 Å². The van der Waals surface area contributed by atoms with E-state index in [1.807, 2.05) is 30.5 Å². The van der Waals surface area contributed by atoms with Gasteiger partial charge in [0.2, 0.25) is 5.82 Å². The first kappa shape index (κ1) is 20.1. The van der Waals surface area contributed by atoms with Crippen molar-refractivity contribution in [1.29, 1.82) is 0 Å². The Morgan fingerprint density at radius 2 is 1.74 bits per heavy atom. The first-order valence-electron chi connectivity index (χ1n) is 11.3. The maximum atomic E-state index is 14.3. The van der Waals surface area contributed by atoms with Gasteiger partial charge in [0.1, 0.15) is 11.5 Å². The molecule has 0 bridgehead atoms. The lowest BCUT2D eigenvalue weighted by Crippen LogP contribution is -3.15. The van der Waals surface area contributed by atoms with Gasteiger partial charge in [0.05, 0.1) is 37.9 Å². The van der Waals surface area contributed by atoms with Crippen molar-refractivity contribution in [3.05, 3.63) is 66.0 Å². The van der Waals surface area contributed by atoms with Crippen molar-refractivity contribution >= 4 is 5.69 Å². The smallest absolute Gasteiger partial charge is 0.216 e. The molecule has 5 rings (SSSR count). The van der Waals surface area contributed by atoms with E-state index in [9.17, 15) is 4.39 Å². The zero-order valence-corrected chi connectivity index (χ0v) is 17.7. The quantitative estimate of drug-likeness (QED) is 0.683. The second-order valence-corrected chi connectivity index (χ2v) is 8.56. The van der Waals surface area contributed by atoms with Crippen molar-refractivity contribution < 1.29 is 9.29 Å². The van der Waals surface area contributed by atoms with Crippen LogP contribution in [0.4, 0.5) is 10.1 Å². The summed E-state index contributed by atoms with van der Waals surface area (Å²) in [5.41, 5.74) is 1.67. The van der Waals surface area contributed by atoms with Crippen molar-refractivity contribution in [3.63, 3.8) is 0 Å². The number of hydrogen-bond acceptors (Lipinski definition) is 5. The van der Waals surface area contributed by atoms with Crippen LogP contribution in [-0.2, 0) is 0 Å². The van der Waals surface area contributed by atoms with Crippen LogP contribution in [0.15, 0.2) is 48.7 Å². The largest absolute Gasteiger partial charge is 0.358 e. The predicted octanol–water partition coefficient (Wildman–Crippen LogP) is 2.21. The molecule has 1 aliphatic carbocycles. The van der Waals surface area contributed by atoms with Gasteiger partial charge in [0, 0.05) is 6.20 Å². The molecule has 0 unspecified atom stereocenters. The van der Waals surface area contributed by atoms with Crippen LogP contribution in [0.5, 0.6) is 0 Å². The molecule has 8 heteroatoms. The van der Waals surface area contributed by atoms with E-state index in [4.69, 9.17) is 0 Å². The van der Waals surface area contributed by atoms with Gasteiger partial charge in [-0.05, 0) is 47.5 Å². The third kappa shape index (κ3) is 4.17. The predicted molar refractivity (Wildman–Crippen MR) is 115 cm³/mol. The molecule has 1 N–H and O–H groups in total. The van der Waals surface area contributed by atoms with Crippen LogP contribution in [0.25, 0.3) is 0 Å². The van der Waals surface area contributed by atoms with Crippen LogP contribution in [0.3, 0.4) is 0 Å². The van der Waals surface area contributed by atoms with Crippen molar-refractivity contribution in [2.45, 2.75) is 44.2 Å². The fourth-order valence-corrected chi connectivity index (χ4v) is 5.08. The Bertz CT molecular complexity index is 978. The van der Waals surface area contributed by atoms with E-state index in [0.29, 0.717) is 11.7 Å². The van der Waals surface area contributed by atoms with E-state index in [1.54, 1.807) is 6.07 Å². The third-order valence-corrected chi connectivity index (χ3v) is 6.69. The van der Waals surface area contributed by atoms with Crippen LogP contribution in [0.1, 0.15) is 55.7 Å². The molecule has 0 radical (unpaired) electrons. The molecule has 1 saturated carbocycles. The first-order valence-corrected chi connectivity index (χ1v) is 11.3. The maximum absolute atomic E-state index is 14.3. The van der Waals surface area contributed by atoms with Crippen molar-refractivity contribution in [2.75, 3.05) is 31.1 Å². The van der Waals surface area contributed by atoms with Gasteiger partial charge < -0.3 is 9.80 Å². The highest BCUT2D eigenvalue weighted by molar-refractivity contribution is 5.47. The number of piperazine rings is 1. The lowest BCUT2D eigenvalue weighted by molar-refractivity contribution is -0.927. The van der Waals surface area contributed by atoms with Gasteiger partial charge >= 0.3 is 0 Å². The average Bonchev–Trinajstić information content (AvgIpc) is 3.31. The Morgan fingerprint density at radius 3 is 2.48 bits per heavy atom. The normalized spacial score (nSPS) is 19.5. The molecule has 2 fully saturated rings. The van der Waals surface area contributed by atoms with Gasteiger partial charge in [0.15, 0.2) is 6.04 Å². The first-order chi connectivity index (χ1) is 15.3. The minimum absolute atomic E-state index is 0.0269. The standard InChI is InChI=1S/C23H28FN7/c24-19-10-4-5-12-21(19)29-14-16-30(17-15-29)22(20-11-6-7-13-25-20)23-26-27-28-31(23)18-8-2-1-3-9-18/h4-7,10-13,18,22H,1-3,8-9,14-17H2/p+1/t22-/m1/s1. The van der Waals surface area contributed by atoms with Crippen LogP contribution in [-0.4, -0.2) is 51.4 Å². The number of nitrogens with zero attached hydrogens (tertiary/aromatic N) is 6. The average molecular weight is 423 g/mol. The van der Waals surface area contributed by atoms with Gasteiger partial charge in [-0.2, -0.15) is 0 Å². The lowest BCUT2D eigenvalue weighted by atomic mass is 9.95. The summed E-state index contributed by atoms with van der Waals surface area (Å²) in [7, 11) is 0. The molecule has 31 heavy (non-hydrogen) atoms. The lowest BCUT2D eigenvalue weighted by Gasteiger charge is -2.37. The van der Waals surface area contributed by atoms with Crippen molar-refractivity contribution in [1.82, 2.24) is 25.2 Å². The van der Waals surface area contributed by atoms with Crippen molar-refractivity contribution in [2.24, 2.45) is 0 Å². The van der Waals surface area contributed by atoms with E-state index in [2.05, 4.69) is 36.2 Å². The molecule has 2 aromatic heterocycles. The molecule has 3 heterocycles. The molecule has 0 spiro atoms. The summed E-state index contributed by atoms with van der Waals surface area (Å²) in [4.78, 5) is 8.20. The number of nitrogens with one attached hydrogen (secondary N) is 1. The molecular weight excluding hydrogens is 393 g/mol. The minimum atomic E-state index is -0.159. The Hall–Kier alpha value is -2.87. The molecule has 1 saturated heterocycles. The number of anilines is 1. The minimum Gasteiger partial charge on any atom is -0.358 e. The number of aromatic nitrogens is 5. The number of hydrogen-bond donors (Lipinski definition) is 1. The molecule has 2 aliphatic rings. The van der Waals surface area contributed by atoms with Gasteiger partial charge in [-0.1, -0.05) is 37.5 Å². The molecule has 1 aromatic carbocycles. The topological polar surface area (TPSA) is 64.2 Å². The zero-order valence-electron chi connectivity index (χ0n) is 17.7. The summed E-state index contributed by atoms with van der Waals surface area (Å²) in [6.07, 6.45) is 7.85. The highest BCUT2D eigenvalue weighted by Crippen LogP contribution is 2.29. The zero-order chi connectivity index (χ0) is 21.0. The number of halogens is 1. The van der Waals surface area contributed by atoms with Crippen LogP contribution < -0.4 is 9.80 Å². The summed E-state index contributed by atoms with van der Waals surface area (Å²) in [5.74, 6) is 0.744. The van der Waals surface area contributed by atoms with E-state index < -0.39 is 0 Å². The van der Waals surface area contributed by atoms with Gasteiger partial charge in [0.25, 0.3) is 0 Å². The molecule has 1 aliphatic heterocycles. The second kappa shape index (κ2) is 9.09. The molecule has 0 amide bonds. The number of pyridine rings is 1. The summed E-state index contributed by atoms with van der Waals surface area (Å²) in [6, 6.07) is 13.4. The van der Waals surface area contributed by atoms with E-state index >= 15 is 0 Å². The fraction of sp³-hybridized carbons (Fsp3) is 0.478. The Morgan fingerprint density at radius 1 is 0.968 bits per heavy atom. The van der Waals surface area contributed by atoms with Crippen LogP contribution in [0, 0.1) is 5.82 Å². The SMILES string of the molecule is Fc1ccccc1N1CC[NH+]([C@H](c2ccccn2)c2nnnn2C2CCCCC2)CC1. The van der Waals surface area contributed by atoms with Crippen LogP contribution in [0.2, 0.25) is 0 Å². The summed E-state index contributed by atoms with van der Waals surface area (Å²) in [6.45, 7) is 3.30. The number of rotatable bonds is 5. The second-order valence-electron chi connectivity index (χ2n) is 8.56. The van der Waals surface area contributed by atoms with E-state index in [-0.39, 0.29) is 11.9 Å². The maximum Gasteiger partial charge on any atom is 0.216 e.